The number of carbonyl (C=O) groups excluding carboxylic acids is 1. The molecule has 1 amide bonds. The fraction of sp³-hybridized carbons (Fsp3) is 0.500. The van der Waals surface area contributed by atoms with Crippen LogP contribution in [0.25, 0.3) is 0 Å². The second-order valence-electron chi connectivity index (χ2n) is 4.07. The summed E-state index contributed by atoms with van der Waals surface area (Å²) in [5.74, 6) is 2.82. The molecular weight excluding hydrogens is 264 g/mol. The molecular formula is C12H18N4O2S. The molecule has 0 atom stereocenters. The molecule has 19 heavy (non-hydrogen) atoms. The summed E-state index contributed by atoms with van der Waals surface area (Å²) in [4.78, 5) is 17.9. The molecule has 1 fully saturated rings. The van der Waals surface area contributed by atoms with E-state index in [0.717, 1.165) is 24.6 Å². The van der Waals surface area contributed by atoms with Crippen molar-refractivity contribution in [3.05, 3.63) is 24.2 Å². The van der Waals surface area contributed by atoms with Crippen LogP contribution in [0.15, 0.2) is 27.8 Å². The van der Waals surface area contributed by atoms with Crippen LogP contribution in [0.5, 0.6) is 0 Å². The minimum Gasteiger partial charge on any atom is -0.459 e. The molecule has 2 heterocycles. The van der Waals surface area contributed by atoms with E-state index in [4.69, 9.17) is 10.2 Å². The van der Waals surface area contributed by atoms with Crippen LogP contribution < -0.4 is 11.1 Å². The summed E-state index contributed by atoms with van der Waals surface area (Å²) in [6.45, 7) is 2.81. The lowest BCUT2D eigenvalue weighted by molar-refractivity contribution is 0.0927. The minimum atomic E-state index is -0.229. The van der Waals surface area contributed by atoms with E-state index in [0.29, 0.717) is 24.8 Å². The Morgan fingerprint density at radius 1 is 1.53 bits per heavy atom. The van der Waals surface area contributed by atoms with Gasteiger partial charge in [0.1, 0.15) is 0 Å². The highest BCUT2D eigenvalue weighted by atomic mass is 32.2. The Bertz CT molecular complexity index is 427. The van der Waals surface area contributed by atoms with E-state index in [2.05, 4.69) is 15.2 Å². The second-order valence-corrected chi connectivity index (χ2v) is 5.30. The van der Waals surface area contributed by atoms with Crippen molar-refractivity contribution in [3.63, 3.8) is 0 Å². The fourth-order valence-corrected chi connectivity index (χ4v) is 2.63. The number of nitrogens with one attached hydrogen (secondary N) is 1. The Hall–Kier alpha value is -1.63. The second kappa shape index (κ2) is 7.08. The number of rotatable bonds is 4. The van der Waals surface area contributed by atoms with Gasteiger partial charge in [-0.15, -0.1) is 0 Å². The Labute approximate surface area is 116 Å². The molecule has 2 rings (SSSR count). The number of thioether (sulfide) groups is 1. The molecule has 0 aliphatic carbocycles. The van der Waals surface area contributed by atoms with Gasteiger partial charge in [-0.3, -0.25) is 9.79 Å². The van der Waals surface area contributed by atoms with E-state index >= 15 is 0 Å². The van der Waals surface area contributed by atoms with Gasteiger partial charge in [0.05, 0.1) is 12.8 Å². The van der Waals surface area contributed by atoms with Gasteiger partial charge in [0.25, 0.3) is 5.91 Å². The predicted molar refractivity (Wildman–Crippen MR) is 76.4 cm³/mol. The van der Waals surface area contributed by atoms with E-state index in [1.807, 2.05) is 11.8 Å². The van der Waals surface area contributed by atoms with Gasteiger partial charge in [0.2, 0.25) is 0 Å². The molecule has 0 saturated carbocycles. The zero-order valence-electron chi connectivity index (χ0n) is 10.7. The first kappa shape index (κ1) is 13.8. The van der Waals surface area contributed by atoms with Crippen LogP contribution in [0.3, 0.4) is 0 Å². The van der Waals surface area contributed by atoms with E-state index in [1.165, 1.54) is 6.26 Å². The lowest BCUT2D eigenvalue weighted by Crippen LogP contribution is -2.43. The van der Waals surface area contributed by atoms with Crippen molar-refractivity contribution in [2.75, 3.05) is 37.7 Å². The third-order valence-corrected chi connectivity index (χ3v) is 3.69. The maximum atomic E-state index is 11.6. The van der Waals surface area contributed by atoms with Gasteiger partial charge in [-0.1, -0.05) is 0 Å². The molecule has 1 saturated heterocycles. The van der Waals surface area contributed by atoms with Crippen LogP contribution >= 0.6 is 11.8 Å². The summed E-state index contributed by atoms with van der Waals surface area (Å²) in [6, 6.07) is 3.30. The Morgan fingerprint density at radius 2 is 2.32 bits per heavy atom. The molecule has 1 aromatic rings. The van der Waals surface area contributed by atoms with Crippen molar-refractivity contribution < 1.29 is 9.21 Å². The topological polar surface area (TPSA) is 83.9 Å². The molecule has 3 N–H and O–H groups in total. The van der Waals surface area contributed by atoms with Crippen LogP contribution in [0, 0.1) is 0 Å². The Morgan fingerprint density at radius 3 is 3.00 bits per heavy atom. The molecule has 1 aliphatic rings. The van der Waals surface area contributed by atoms with Crippen molar-refractivity contribution in [2.45, 2.75) is 0 Å². The number of guanidine groups is 1. The molecule has 1 aromatic heterocycles. The zero-order valence-corrected chi connectivity index (χ0v) is 11.5. The molecule has 104 valence electrons. The molecule has 0 spiro atoms. The number of hydrogen-bond donors (Lipinski definition) is 2. The monoisotopic (exact) mass is 282 g/mol. The third-order valence-electron chi connectivity index (χ3n) is 2.75. The first-order valence-corrected chi connectivity index (χ1v) is 7.37. The summed E-state index contributed by atoms with van der Waals surface area (Å²) < 4.78 is 4.99. The minimum absolute atomic E-state index is 0.229. The van der Waals surface area contributed by atoms with Gasteiger partial charge < -0.3 is 20.4 Å². The predicted octanol–water partition coefficient (Wildman–Crippen LogP) is 0.373. The van der Waals surface area contributed by atoms with Crippen molar-refractivity contribution in [3.8, 4) is 0 Å². The van der Waals surface area contributed by atoms with Gasteiger partial charge in [0, 0.05) is 31.1 Å². The number of nitrogens with zero attached hydrogens (tertiary/aromatic N) is 2. The van der Waals surface area contributed by atoms with Crippen molar-refractivity contribution in [2.24, 2.45) is 10.7 Å². The van der Waals surface area contributed by atoms with Gasteiger partial charge in [-0.2, -0.15) is 11.8 Å². The maximum Gasteiger partial charge on any atom is 0.287 e. The molecule has 0 unspecified atom stereocenters. The first-order chi connectivity index (χ1) is 9.27. The maximum absolute atomic E-state index is 11.6. The number of aliphatic imine (C=N–C) groups is 1. The van der Waals surface area contributed by atoms with Gasteiger partial charge in [0.15, 0.2) is 11.7 Å². The van der Waals surface area contributed by atoms with Crippen LogP contribution in [-0.4, -0.2) is 54.5 Å². The molecule has 0 bridgehead atoms. The van der Waals surface area contributed by atoms with Crippen LogP contribution in [0.2, 0.25) is 0 Å². The van der Waals surface area contributed by atoms with Crippen molar-refractivity contribution >= 4 is 23.6 Å². The van der Waals surface area contributed by atoms with Crippen molar-refractivity contribution in [1.29, 1.82) is 0 Å². The highest BCUT2D eigenvalue weighted by Gasteiger charge is 2.12. The van der Waals surface area contributed by atoms with Gasteiger partial charge >= 0.3 is 0 Å². The average Bonchev–Trinajstić information content (AvgIpc) is 2.98. The van der Waals surface area contributed by atoms with Crippen molar-refractivity contribution in [1.82, 2.24) is 10.2 Å². The summed E-state index contributed by atoms with van der Waals surface area (Å²) in [7, 11) is 0. The fourth-order valence-electron chi connectivity index (χ4n) is 1.73. The quantitative estimate of drug-likeness (QED) is 0.473. The van der Waals surface area contributed by atoms with E-state index in [9.17, 15) is 4.79 Å². The average molecular weight is 282 g/mol. The highest BCUT2D eigenvalue weighted by molar-refractivity contribution is 7.99. The van der Waals surface area contributed by atoms with Gasteiger partial charge in [-0.05, 0) is 12.1 Å². The summed E-state index contributed by atoms with van der Waals surface area (Å²) in [5.41, 5.74) is 5.90. The van der Waals surface area contributed by atoms with Crippen LogP contribution in [0.4, 0.5) is 0 Å². The summed E-state index contributed by atoms with van der Waals surface area (Å²) >= 11 is 1.93. The number of furan rings is 1. The number of amides is 1. The van der Waals surface area contributed by atoms with E-state index < -0.39 is 0 Å². The highest BCUT2D eigenvalue weighted by Crippen LogP contribution is 2.08. The number of carbonyl (C=O) groups is 1. The Kier molecular flexibility index (Phi) is 5.14. The summed E-state index contributed by atoms with van der Waals surface area (Å²) in [5, 5.41) is 2.73. The van der Waals surface area contributed by atoms with Gasteiger partial charge in [-0.25, -0.2) is 0 Å². The number of nitrogens with two attached hydrogens (primary N) is 1. The first-order valence-electron chi connectivity index (χ1n) is 6.21. The van der Waals surface area contributed by atoms with E-state index in [1.54, 1.807) is 12.1 Å². The lowest BCUT2D eigenvalue weighted by atomic mass is 10.4. The van der Waals surface area contributed by atoms with Crippen LogP contribution in [0.1, 0.15) is 10.6 Å². The van der Waals surface area contributed by atoms with E-state index in [-0.39, 0.29) is 5.91 Å². The molecule has 1 aliphatic heterocycles. The third kappa shape index (κ3) is 4.20. The SMILES string of the molecule is NC(=NCCNC(=O)c1ccco1)N1CCSCC1. The number of hydrogen-bond acceptors (Lipinski definition) is 4. The van der Waals surface area contributed by atoms with Crippen LogP contribution in [-0.2, 0) is 0 Å². The normalized spacial score (nSPS) is 16.4. The standard InChI is InChI=1S/C12H18N4O2S/c13-12(16-5-8-19-9-6-16)15-4-3-14-11(17)10-2-1-7-18-10/h1-2,7H,3-6,8-9H2,(H2,13,15)(H,14,17). The smallest absolute Gasteiger partial charge is 0.287 e. The summed E-state index contributed by atoms with van der Waals surface area (Å²) in [6.07, 6.45) is 1.47. The largest absolute Gasteiger partial charge is 0.459 e. The molecule has 0 aromatic carbocycles. The molecule has 6 nitrogen and oxygen atoms in total. The molecule has 7 heteroatoms. The molecule has 0 radical (unpaired) electrons. The Balaban J connectivity index is 1.69. The zero-order chi connectivity index (χ0) is 13.5. The lowest BCUT2D eigenvalue weighted by Gasteiger charge is -2.27.